The molecule has 7 nitrogen and oxygen atoms in total. The summed E-state index contributed by atoms with van der Waals surface area (Å²) in [7, 11) is -3.80. The maximum absolute atomic E-state index is 13.2. The molecule has 0 spiro atoms. The van der Waals surface area contributed by atoms with Crippen molar-refractivity contribution >= 4 is 15.7 Å². The largest absolute Gasteiger partial charge is 0.290 e. The smallest absolute Gasteiger partial charge is 0.273 e. The summed E-state index contributed by atoms with van der Waals surface area (Å²) in [6, 6.07) is 21.0. The summed E-state index contributed by atoms with van der Waals surface area (Å²) in [5, 5.41) is 11.3. The number of nitro benzene ring substituents is 1. The van der Waals surface area contributed by atoms with Crippen LogP contribution in [0, 0.1) is 17.0 Å². The molecule has 0 aromatic heterocycles. The highest BCUT2D eigenvalue weighted by Crippen LogP contribution is 2.46. The molecular formula is C24H23N3O4S. The van der Waals surface area contributed by atoms with Gasteiger partial charge in [-0.3, -0.25) is 15.0 Å². The fourth-order valence-electron chi connectivity index (χ4n) is 4.82. The molecule has 3 aromatic rings. The van der Waals surface area contributed by atoms with Crippen LogP contribution in [0.25, 0.3) is 11.1 Å². The fraction of sp³-hybridized carbons (Fsp3) is 0.250. The van der Waals surface area contributed by atoms with Gasteiger partial charge in [0.1, 0.15) is 0 Å². The molecule has 2 aliphatic rings. The van der Waals surface area contributed by atoms with E-state index < -0.39 is 14.9 Å². The first-order valence-electron chi connectivity index (χ1n) is 10.6. The molecule has 0 saturated carbocycles. The summed E-state index contributed by atoms with van der Waals surface area (Å²) in [6.45, 7) is 3.45. The number of aryl methyl sites for hydroxylation is 1. The average molecular weight is 450 g/mol. The highest BCUT2D eigenvalue weighted by molar-refractivity contribution is 7.89. The standard InChI is InChI=1S/C24H23N3O4S/c1-17-10-11-18(16-23(17)27(28)29)32(30,31)26-14-12-25(13-15-26)24-21-8-4-2-6-19(21)20-7-3-5-9-22(20)24/h2-11,16,24H,12-15H2,1H3. The van der Waals surface area contributed by atoms with Crippen molar-refractivity contribution in [2.24, 2.45) is 0 Å². The van der Waals surface area contributed by atoms with Gasteiger partial charge in [-0.1, -0.05) is 54.6 Å². The van der Waals surface area contributed by atoms with E-state index in [4.69, 9.17) is 0 Å². The molecule has 1 aliphatic heterocycles. The number of benzene rings is 3. The Morgan fingerprint density at radius 1 is 0.875 bits per heavy atom. The molecule has 0 bridgehead atoms. The van der Waals surface area contributed by atoms with Crippen LogP contribution in [0.1, 0.15) is 22.7 Å². The molecule has 1 aliphatic carbocycles. The van der Waals surface area contributed by atoms with Gasteiger partial charge in [-0.05, 0) is 35.2 Å². The first-order valence-corrected chi connectivity index (χ1v) is 12.0. The van der Waals surface area contributed by atoms with Crippen LogP contribution >= 0.6 is 0 Å². The van der Waals surface area contributed by atoms with Crippen LogP contribution in [0.15, 0.2) is 71.6 Å². The van der Waals surface area contributed by atoms with Crippen LogP contribution in [0.5, 0.6) is 0 Å². The number of hydrogen-bond donors (Lipinski definition) is 0. The molecule has 164 valence electrons. The van der Waals surface area contributed by atoms with E-state index in [0.29, 0.717) is 31.7 Å². The highest BCUT2D eigenvalue weighted by Gasteiger charge is 2.37. The van der Waals surface area contributed by atoms with Crippen molar-refractivity contribution in [3.05, 3.63) is 93.5 Å². The number of sulfonamides is 1. The summed E-state index contributed by atoms with van der Waals surface area (Å²) >= 11 is 0. The summed E-state index contributed by atoms with van der Waals surface area (Å²) in [4.78, 5) is 13.0. The third-order valence-corrected chi connectivity index (χ3v) is 8.35. The lowest BCUT2D eigenvalue weighted by Crippen LogP contribution is -2.49. The summed E-state index contributed by atoms with van der Waals surface area (Å²) in [6.07, 6.45) is 0. The topological polar surface area (TPSA) is 83.8 Å². The van der Waals surface area contributed by atoms with Gasteiger partial charge in [0.05, 0.1) is 15.9 Å². The Morgan fingerprint density at radius 3 is 2.00 bits per heavy atom. The van der Waals surface area contributed by atoms with E-state index in [1.807, 2.05) is 24.3 Å². The highest BCUT2D eigenvalue weighted by atomic mass is 32.2. The van der Waals surface area contributed by atoms with Crippen LogP contribution in [0.4, 0.5) is 5.69 Å². The predicted octanol–water partition coefficient (Wildman–Crippen LogP) is 3.98. The van der Waals surface area contributed by atoms with E-state index in [1.54, 1.807) is 6.92 Å². The lowest BCUT2D eigenvalue weighted by molar-refractivity contribution is -0.385. The predicted molar refractivity (Wildman–Crippen MR) is 122 cm³/mol. The maximum atomic E-state index is 13.2. The Hall–Kier alpha value is -3.07. The molecule has 8 heteroatoms. The lowest BCUT2D eigenvalue weighted by Gasteiger charge is -2.38. The van der Waals surface area contributed by atoms with Crippen LogP contribution in [0.3, 0.4) is 0 Å². The molecule has 0 amide bonds. The third-order valence-electron chi connectivity index (χ3n) is 6.45. The van der Waals surface area contributed by atoms with Gasteiger partial charge in [-0.25, -0.2) is 8.42 Å². The second-order valence-corrected chi connectivity index (χ2v) is 10.2. The Morgan fingerprint density at radius 2 is 1.44 bits per heavy atom. The fourth-order valence-corrected chi connectivity index (χ4v) is 6.26. The third kappa shape index (κ3) is 3.31. The minimum absolute atomic E-state index is 0.0280. The summed E-state index contributed by atoms with van der Waals surface area (Å²) in [5.74, 6) is 0. The SMILES string of the molecule is Cc1ccc(S(=O)(=O)N2CCN(C3c4ccccc4-c4ccccc43)CC2)cc1[N+](=O)[O-]. The van der Waals surface area contributed by atoms with Crippen molar-refractivity contribution < 1.29 is 13.3 Å². The van der Waals surface area contributed by atoms with E-state index in [-0.39, 0.29) is 16.6 Å². The zero-order valence-corrected chi connectivity index (χ0v) is 18.5. The van der Waals surface area contributed by atoms with Gasteiger partial charge in [0.2, 0.25) is 10.0 Å². The molecule has 1 fully saturated rings. The number of rotatable bonds is 4. The van der Waals surface area contributed by atoms with Crippen LogP contribution in [-0.4, -0.2) is 48.7 Å². The van der Waals surface area contributed by atoms with E-state index in [0.717, 1.165) is 0 Å². The van der Waals surface area contributed by atoms with Crippen LogP contribution in [-0.2, 0) is 10.0 Å². The quantitative estimate of drug-likeness (QED) is 0.444. The maximum Gasteiger partial charge on any atom is 0.273 e. The number of nitro groups is 1. The van der Waals surface area contributed by atoms with Crippen molar-refractivity contribution in [2.75, 3.05) is 26.2 Å². The molecule has 0 radical (unpaired) electrons. The summed E-state index contributed by atoms with van der Waals surface area (Å²) < 4.78 is 27.8. The van der Waals surface area contributed by atoms with Crippen molar-refractivity contribution in [1.29, 1.82) is 0 Å². The Labute approximate surface area is 187 Å². The number of piperazine rings is 1. The first kappa shape index (κ1) is 20.8. The van der Waals surface area contributed by atoms with Gasteiger partial charge >= 0.3 is 0 Å². The minimum atomic E-state index is -3.80. The van der Waals surface area contributed by atoms with Gasteiger partial charge in [0.15, 0.2) is 0 Å². The zero-order valence-electron chi connectivity index (χ0n) is 17.6. The van der Waals surface area contributed by atoms with Gasteiger partial charge in [0, 0.05) is 37.8 Å². The molecule has 1 saturated heterocycles. The van der Waals surface area contributed by atoms with Crippen LogP contribution in [0.2, 0.25) is 0 Å². The molecule has 5 rings (SSSR count). The number of fused-ring (bicyclic) bond motifs is 3. The van der Waals surface area contributed by atoms with Crippen LogP contribution < -0.4 is 0 Å². The van der Waals surface area contributed by atoms with Gasteiger partial charge < -0.3 is 0 Å². The molecule has 1 heterocycles. The van der Waals surface area contributed by atoms with E-state index in [9.17, 15) is 18.5 Å². The van der Waals surface area contributed by atoms with Gasteiger partial charge in [-0.2, -0.15) is 4.31 Å². The number of nitrogens with zero attached hydrogens (tertiary/aromatic N) is 3. The number of hydrogen-bond acceptors (Lipinski definition) is 5. The molecule has 3 aromatic carbocycles. The van der Waals surface area contributed by atoms with Crippen molar-refractivity contribution in [3.8, 4) is 11.1 Å². The van der Waals surface area contributed by atoms with Crippen molar-refractivity contribution in [2.45, 2.75) is 17.9 Å². The van der Waals surface area contributed by atoms with Crippen molar-refractivity contribution in [1.82, 2.24) is 9.21 Å². The zero-order chi connectivity index (χ0) is 22.5. The van der Waals surface area contributed by atoms with E-state index >= 15 is 0 Å². The van der Waals surface area contributed by atoms with E-state index in [1.165, 1.54) is 44.8 Å². The summed E-state index contributed by atoms with van der Waals surface area (Å²) in [5.41, 5.74) is 5.23. The van der Waals surface area contributed by atoms with E-state index in [2.05, 4.69) is 29.2 Å². The molecule has 0 N–H and O–H groups in total. The van der Waals surface area contributed by atoms with Crippen molar-refractivity contribution in [3.63, 3.8) is 0 Å². The molecule has 32 heavy (non-hydrogen) atoms. The minimum Gasteiger partial charge on any atom is -0.290 e. The average Bonchev–Trinajstić information content (AvgIpc) is 3.13. The second-order valence-electron chi connectivity index (χ2n) is 8.22. The second kappa shape index (κ2) is 7.81. The Kier molecular flexibility index (Phi) is 5.08. The van der Waals surface area contributed by atoms with Gasteiger partial charge in [-0.15, -0.1) is 0 Å². The Bertz CT molecular complexity index is 1270. The molecule has 0 unspecified atom stereocenters. The Balaban J connectivity index is 1.39. The first-order chi connectivity index (χ1) is 15.4. The normalized spacial score (nSPS) is 17.2. The molecular weight excluding hydrogens is 426 g/mol. The monoisotopic (exact) mass is 449 g/mol. The van der Waals surface area contributed by atoms with Gasteiger partial charge in [0.25, 0.3) is 5.69 Å². The lowest BCUT2D eigenvalue weighted by atomic mass is 10.0. The molecule has 0 atom stereocenters.